The Morgan fingerprint density at radius 2 is 2.45 bits per heavy atom. The molecule has 0 amide bonds. The van der Waals surface area contributed by atoms with Crippen LogP contribution in [0.5, 0.6) is 5.75 Å². The summed E-state index contributed by atoms with van der Waals surface area (Å²) in [7, 11) is 1.80. The summed E-state index contributed by atoms with van der Waals surface area (Å²) in [6.45, 7) is 2.55. The Kier molecular flexibility index (Phi) is 2.66. The zero-order chi connectivity index (χ0) is 8.10. The van der Waals surface area contributed by atoms with Gasteiger partial charge in [-0.2, -0.15) is 0 Å². The number of anilines is 1. The smallest absolute Gasteiger partial charge is 0.179 e. The van der Waals surface area contributed by atoms with Crippen LogP contribution in [0.1, 0.15) is 6.92 Å². The van der Waals surface area contributed by atoms with Crippen molar-refractivity contribution in [1.82, 2.24) is 9.97 Å². The lowest BCUT2D eigenvalue weighted by molar-refractivity contribution is 0.339. The van der Waals surface area contributed by atoms with Crippen LogP contribution < -0.4 is 10.1 Å². The standard InChI is InChI=1S/C7H11N3O/c1-3-11-6-4-9-5-10-7(6)8-2/h4-5H,3H2,1-2H3,(H,8,9,10). The van der Waals surface area contributed by atoms with Crippen LogP contribution in [0.25, 0.3) is 0 Å². The zero-order valence-electron chi connectivity index (χ0n) is 6.66. The Morgan fingerprint density at radius 3 is 3.09 bits per heavy atom. The van der Waals surface area contributed by atoms with Gasteiger partial charge in [-0.1, -0.05) is 0 Å². The predicted octanol–water partition coefficient (Wildman–Crippen LogP) is 0.917. The molecule has 0 spiro atoms. The molecule has 4 nitrogen and oxygen atoms in total. The van der Waals surface area contributed by atoms with Gasteiger partial charge in [0.2, 0.25) is 0 Å². The van der Waals surface area contributed by atoms with Gasteiger partial charge in [-0.3, -0.25) is 0 Å². The van der Waals surface area contributed by atoms with Crippen LogP contribution in [-0.2, 0) is 0 Å². The molecule has 0 saturated carbocycles. The highest BCUT2D eigenvalue weighted by Crippen LogP contribution is 2.17. The highest BCUT2D eigenvalue weighted by Gasteiger charge is 1.99. The summed E-state index contributed by atoms with van der Waals surface area (Å²) in [6, 6.07) is 0. The van der Waals surface area contributed by atoms with Crippen molar-refractivity contribution in [3.05, 3.63) is 12.5 Å². The molecule has 1 aromatic rings. The molecule has 0 bridgehead atoms. The van der Waals surface area contributed by atoms with Gasteiger partial charge in [0.05, 0.1) is 12.8 Å². The summed E-state index contributed by atoms with van der Waals surface area (Å²) in [5.41, 5.74) is 0. The number of hydrogen-bond donors (Lipinski definition) is 1. The first-order valence-electron chi connectivity index (χ1n) is 3.49. The molecule has 60 valence electrons. The van der Waals surface area contributed by atoms with E-state index < -0.39 is 0 Å². The minimum absolute atomic E-state index is 0.627. The van der Waals surface area contributed by atoms with E-state index in [-0.39, 0.29) is 0 Å². The molecule has 0 aromatic carbocycles. The molecule has 0 aliphatic carbocycles. The minimum atomic E-state index is 0.627. The van der Waals surface area contributed by atoms with Gasteiger partial charge in [-0.15, -0.1) is 0 Å². The van der Waals surface area contributed by atoms with Crippen LogP contribution in [0.4, 0.5) is 5.82 Å². The average Bonchev–Trinajstić information content (AvgIpc) is 2.06. The highest BCUT2D eigenvalue weighted by atomic mass is 16.5. The van der Waals surface area contributed by atoms with Crippen molar-refractivity contribution in [2.24, 2.45) is 0 Å². The van der Waals surface area contributed by atoms with Crippen molar-refractivity contribution in [3.63, 3.8) is 0 Å². The van der Waals surface area contributed by atoms with Gasteiger partial charge in [0.25, 0.3) is 0 Å². The number of ether oxygens (including phenoxy) is 1. The second-order valence-corrected chi connectivity index (χ2v) is 1.92. The zero-order valence-corrected chi connectivity index (χ0v) is 6.66. The molecule has 1 N–H and O–H groups in total. The Bertz CT molecular complexity index is 227. The molecule has 0 aliphatic heterocycles. The third kappa shape index (κ3) is 1.80. The SMILES string of the molecule is CCOc1cncnc1NC. The number of rotatable bonds is 3. The highest BCUT2D eigenvalue weighted by molar-refractivity contribution is 5.46. The summed E-state index contributed by atoms with van der Waals surface area (Å²) in [5, 5.41) is 2.90. The number of nitrogens with zero attached hydrogens (tertiary/aromatic N) is 2. The lowest BCUT2D eigenvalue weighted by atomic mass is 10.5. The maximum atomic E-state index is 5.24. The summed E-state index contributed by atoms with van der Waals surface area (Å²) in [6.07, 6.45) is 3.12. The fourth-order valence-corrected chi connectivity index (χ4v) is 0.766. The minimum Gasteiger partial charge on any atom is -0.488 e. The molecule has 0 atom stereocenters. The molecular weight excluding hydrogens is 142 g/mol. The molecule has 0 saturated heterocycles. The van der Waals surface area contributed by atoms with E-state index in [9.17, 15) is 0 Å². The van der Waals surface area contributed by atoms with Crippen LogP contribution in [0.15, 0.2) is 12.5 Å². The Labute approximate surface area is 65.6 Å². The number of hydrogen-bond acceptors (Lipinski definition) is 4. The van der Waals surface area contributed by atoms with Crippen molar-refractivity contribution in [1.29, 1.82) is 0 Å². The van der Waals surface area contributed by atoms with Gasteiger partial charge in [0.15, 0.2) is 11.6 Å². The fraction of sp³-hybridized carbons (Fsp3) is 0.429. The van der Waals surface area contributed by atoms with E-state index in [1.807, 2.05) is 6.92 Å². The predicted molar refractivity (Wildman–Crippen MR) is 42.7 cm³/mol. The van der Waals surface area contributed by atoms with Crippen LogP contribution >= 0.6 is 0 Å². The molecule has 0 fully saturated rings. The van der Waals surface area contributed by atoms with Gasteiger partial charge < -0.3 is 10.1 Å². The quantitative estimate of drug-likeness (QED) is 0.701. The second-order valence-electron chi connectivity index (χ2n) is 1.92. The molecule has 4 heteroatoms. The first-order valence-corrected chi connectivity index (χ1v) is 3.49. The Morgan fingerprint density at radius 1 is 1.64 bits per heavy atom. The first kappa shape index (κ1) is 7.78. The molecular formula is C7H11N3O. The van der Waals surface area contributed by atoms with E-state index >= 15 is 0 Å². The lowest BCUT2D eigenvalue weighted by Crippen LogP contribution is -1.99. The molecule has 0 unspecified atom stereocenters. The molecule has 0 radical (unpaired) electrons. The maximum absolute atomic E-state index is 5.24. The van der Waals surface area contributed by atoms with E-state index in [4.69, 9.17) is 4.74 Å². The van der Waals surface area contributed by atoms with Crippen molar-refractivity contribution < 1.29 is 4.74 Å². The topological polar surface area (TPSA) is 47.0 Å². The maximum Gasteiger partial charge on any atom is 0.179 e. The van der Waals surface area contributed by atoms with Crippen molar-refractivity contribution in [2.45, 2.75) is 6.92 Å². The largest absolute Gasteiger partial charge is 0.488 e. The number of nitrogens with one attached hydrogen (secondary N) is 1. The van der Waals surface area contributed by atoms with E-state index in [1.165, 1.54) is 6.33 Å². The Hall–Kier alpha value is -1.32. The van der Waals surface area contributed by atoms with Gasteiger partial charge in [-0.05, 0) is 6.92 Å². The van der Waals surface area contributed by atoms with Gasteiger partial charge >= 0.3 is 0 Å². The van der Waals surface area contributed by atoms with E-state index in [1.54, 1.807) is 13.2 Å². The van der Waals surface area contributed by atoms with Crippen LogP contribution in [0.2, 0.25) is 0 Å². The number of aromatic nitrogens is 2. The summed E-state index contributed by atoms with van der Waals surface area (Å²) in [5.74, 6) is 1.42. The summed E-state index contributed by atoms with van der Waals surface area (Å²) >= 11 is 0. The normalized spacial score (nSPS) is 9.27. The summed E-state index contributed by atoms with van der Waals surface area (Å²) in [4.78, 5) is 7.80. The second kappa shape index (κ2) is 3.75. The van der Waals surface area contributed by atoms with Crippen molar-refractivity contribution in [2.75, 3.05) is 19.0 Å². The van der Waals surface area contributed by atoms with E-state index in [2.05, 4.69) is 15.3 Å². The Balaban J connectivity index is 2.83. The molecule has 1 heterocycles. The molecule has 1 aromatic heterocycles. The molecule has 0 aliphatic rings. The van der Waals surface area contributed by atoms with Gasteiger partial charge in [0.1, 0.15) is 6.33 Å². The molecule has 11 heavy (non-hydrogen) atoms. The van der Waals surface area contributed by atoms with Gasteiger partial charge in [0, 0.05) is 7.05 Å². The molecule has 1 rings (SSSR count). The van der Waals surface area contributed by atoms with Crippen LogP contribution in [-0.4, -0.2) is 23.6 Å². The van der Waals surface area contributed by atoms with E-state index in [0.717, 1.165) is 5.82 Å². The van der Waals surface area contributed by atoms with Crippen molar-refractivity contribution in [3.8, 4) is 5.75 Å². The average molecular weight is 153 g/mol. The third-order valence-electron chi connectivity index (χ3n) is 1.22. The van der Waals surface area contributed by atoms with Crippen molar-refractivity contribution >= 4 is 5.82 Å². The summed E-state index contributed by atoms with van der Waals surface area (Å²) < 4.78 is 5.24. The monoisotopic (exact) mass is 153 g/mol. The van der Waals surface area contributed by atoms with Gasteiger partial charge in [-0.25, -0.2) is 9.97 Å². The lowest BCUT2D eigenvalue weighted by Gasteiger charge is -2.05. The third-order valence-corrected chi connectivity index (χ3v) is 1.22. The first-order chi connectivity index (χ1) is 5.38. The van der Waals surface area contributed by atoms with E-state index in [0.29, 0.717) is 12.4 Å². The fourth-order valence-electron chi connectivity index (χ4n) is 0.766. The van der Waals surface area contributed by atoms with Crippen LogP contribution in [0.3, 0.4) is 0 Å². The van der Waals surface area contributed by atoms with Crippen LogP contribution in [0, 0.1) is 0 Å².